The van der Waals surface area contributed by atoms with E-state index in [0.29, 0.717) is 5.56 Å². The summed E-state index contributed by atoms with van der Waals surface area (Å²) in [4.78, 5) is 34.4. The molecule has 3 rings (SSSR count). The number of ketones is 1. The minimum Gasteiger partial charge on any atom is -0.446 e. The number of nitrogens with two attached hydrogens (primary N) is 1. The molecule has 1 atom stereocenters. The van der Waals surface area contributed by atoms with Crippen LogP contribution in [0.2, 0.25) is 0 Å². The largest absolute Gasteiger partial charge is 0.446 e. The highest BCUT2D eigenvalue weighted by molar-refractivity contribution is 5.95. The minimum absolute atomic E-state index is 0.0403. The van der Waals surface area contributed by atoms with Gasteiger partial charge in [0.05, 0.1) is 6.20 Å². The Morgan fingerprint density at radius 3 is 2.80 bits per heavy atom. The first-order valence-electron chi connectivity index (χ1n) is 8.67. The number of carbonyl (C=O) groups is 1. The van der Waals surface area contributed by atoms with Crippen molar-refractivity contribution in [2.45, 2.75) is 18.9 Å². The van der Waals surface area contributed by atoms with Crippen LogP contribution in [0, 0.1) is 5.82 Å². The van der Waals surface area contributed by atoms with Gasteiger partial charge in [-0.15, -0.1) is 0 Å². The number of ether oxygens (including phenoxy) is 2. The zero-order chi connectivity index (χ0) is 21.9. The Hall–Kier alpha value is -3.63. The summed E-state index contributed by atoms with van der Waals surface area (Å²) in [6.07, 6.45) is 2.02. The Kier molecular flexibility index (Phi) is 5.90. The number of hydrogen-bond acceptors (Lipinski definition) is 7. The van der Waals surface area contributed by atoms with E-state index in [1.807, 2.05) is 0 Å². The van der Waals surface area contributed by atoms with Crippen LogP contribution in [0.3, 0.4) is 0 Å². The molecular formula is C19H17F3N4O4. The Balaban J connectivity index is 1.91. The molecule has 8 nitrogen and oxygen atoms in total. The molecule has 0 bridgehead atoms. The number of aromatic amines is 1. The van der Waals surface area contributed by atoms with Crippen molar-refractivity contribution in [2.75, 3.05) is 13.5 Å². The van der Waals surface area contributed by atoms with Crippen molar-refractivity contribution in [2.24, 2.45) is 10.7 Å². The molecular weight excluding hydrogens is 405 g/mol. The van der Waals surface area contributed by atoms with Gasteiger partial charge in [0, 0.05) is 12.0 Å². The molecule has 1 aromatic carbocycles. The van der Waals surface area contributed by atoms with Gasteiger partial charge in [0.15, 0.2) is 11.5 Å². The van der Waals surface area contributed by atoms with Crippen molar-refractivity contribution >= 4 is 11.8 Å². The van der Waals surface area contributed by atoms with Gasteiger partial charge in [0.25, 0.3) is 11.6 Å². The molecule has 2 aromatic rings. The molecule has 0 saturated heterocycles. The summed E-state index contributed by atoms with van der Waals surface area (Å²) >= 11 is 0. The molecule has 0 radical (unpaired) electrons. The molecule has 2 heterocycles. The van der Waals surface area contributed by atoms with Crippen LogP contribution in [0.25, 0.3) is 0 Å². The average molecular weight is 422 g/mol. The molecule has 1 aliphatic rings. The van der Waals surface area contributed by atoms with Gasteiger partial charge in [-0.25, -0.2) is 23.1 Å². The number of hydrogen-bond donors (Lipinski definition) is 2. The Bertz CT molecular complexity index is 1100. The first kappa shape index (κ1) is 21.1. The summed E-state index contributed by atoms with van der Waals surface area (Å²) in [5.74, 6) is -1.63. The van der Waals surface area contributed by atoms with E-state index in [2.05, 4.69) is 19.7 Å². The number of nitrogens with one attached hydrogen (secondary N) is 1. The van der Waals surface area contributed by atoms with E-state index in [1.165, 1.54) is 25.1 Å². The minimum atomic E-state index is -1.35. The van der Waals surface area contributed by atoms with Crippen LogP contribution < -0.4 is 16.0 Å². The van der Waals surface area contributed by atoms with Crippen molar-refractivity contribution in [1.29, 1.82) is 0 Å². The summed E-state index contributed by atoms with van der Waals surface area (Å²) < 4.78 is 49.2. The summed E-state index contributed by atoms with van der Waals surface area (Å²) in [5.41, 5.74) is 3.36. The number of benzene rings is 1. The molecule has 0 saturated carbocycles. The number of allylic oxidation sites excluding steroid dienone is 1. The van der Waals surface area contributed by atoms with Crippen molar-refractivity contribution in [3.05, 3.63) is 69.2 Å². The number of halogens is 3. The number of Topliss-reactive ketones (excluding diaryl/α,β-unsaturated/α-hetero) is 1. The smallest absolute Gasteiger partial charge is 0.288 e. The van der Waals surface area contributed by atoms with Gasteiger partial charge >= 0.3 is 0 Å². The fourth-order valence-corrected chi connectivity index (χ4v) is 3.02. The molecule has 0 fully saturated rings. The number of rotatable bonds is 7. The van der Waals surface area contributed by atoms with Crippen LogP contribution in [0.1, 0.15) is 28.5 Å². The van der Waals surface area contributed by atoms with E-state index in [0.717, 1.165) is 12.3 Å². The summed E-state index contributed by atoms with van der Waals surface area (Å²) in [6.45, 7) is -0.612. The second kappa shape index (κ2) is 8.39. The lowest BCUT2D eigenvalue weighted by Gasteiger charge is -2.28. The molecule has 0 aliphatic carbocycles. The maximum absolute atomic E-state index is 14.5. The first-order valence-corrected chi connectivity index (χ1v) is 8.67. The number of nitrogens with zero attached hydrogens (tertiary/aromatic N) is 2. The number of aromatic nitrogens is 2. The van der Waals surface area contributed by atoms with Gasteiger partial charge < -0.3 is 15.2 Å². The van der Waals surface area contributed by atoms with Gasteiger partial charge in [-0.3, -0.25) is 14.6 Å². The number of carbonyl (C=O) groups excluding carboxylic acids is 1. The van der Waals surface area contributed by atoms with Gasteiger partial charge in [-0.2, -0.15) is 0 Å². The van der Waals surface area contributed by atoms with Crippen LogP contribution in [-0.2, 0) is 16.7 Å². The topological polar surface area (TPSA) is 120 Å². The quantitative estimate of drug-likeness (QED) is 0.659. The van der Waals surface area contributed by atoms with Gasteiger partial charge in [-0.1, -0.05) is 6.07 Å². The molecule has 0 spiro atoms. The molecule has 0 amide bonds. The zero-order valence-corrected chi connectivity index (χ0v) is 15.7. The number of amidine groups is 1. The Morgan fingerprint density at radius 1 is 1.37 bits per heavy atom. The number of aliphatic imine (C=N–C) groups is 1. The van der Waals surface area contributed by atoms with Gasteiger partial charge in [0.1, 0.15) is 23.8 Å². The maximum atomic E-state index is 14.5. The Morgan fingerprint density at radius 2 is 2.13 bits per heavy atom. The monoisotopic (exact) mass is 422 g/mol. The normalized spacial score (nSPS) is 18.3. The molecule has 1 aromatic heterocycles. The zero-order valence-electron chi connectivity index (χ0n) is 15.7. The predicted octanol–water partition coefficient (Wildman–Crippen LogP) is 2.05. The standard InChI is InChI=1S/C19H17F3N4O4/c1-19(6-11(7-20)30-18(23)26-19)12-4-10(2-3-13(12)22)5-14(27)16-17(28)25-15(8-24-16)29-9-21/h2-4,6,8H,5,7,9H2,1H3,(H2,23,26)(H,25,28)/t19-/m0/s1. The van der Waals surface area contributed by atoms with Crippen LogP contribution in [0.4, 0.5) is 13.2 Å². The summed E-state index contributed by atoms with van der Waals surface area (Å²) in [7, 11) is 0. The molecule has 158 valence electrons. The Labute approximate surface area is 168 Å². The third-order valence-electron chi connectivity index (χ3n) is 4.33. The summed E-state index contributed by atoms with van der Waals surface area (Å²) in [6, 6.07) is 3.54. The van der Waals surface area contributed by atoms with Crippen molar-refractivity contribution < 1.29 is 27.4 Å². The lowest BCUT2D eigenvalue weighted by Crippen LogP contribution is -2.31. The van der Waals surface area contributed by atoms with Gasteiger partial charge in [-0.05, 0) is 30.7 Å². The lowest BCUT2D eigenvalue weighted by molar-refractivity contribution is 0.0986. The van der Waals surface area contributed by atoms with E-state index >= 15 is 0 Å². The lowest BCUT2D eigenvalue weighted by atomic mass is 9.88. The molecule has 1 aliphatic heterocycles. The number of alkyl halides is 2. The highest BCUT2D eigenvalue weighted by Crippen LogP contribution is 2.34. The first-order chi connectivity index (χ1) is 14.3. The highest BCUT2D eigenvalue weighted by Gasteiger charge is 2.32. The number of H-pyrrole nitrogens is 1. The fourth-order valence-electron chi connectivity index (χ4n) is 3.02. The molecule has 30 heavy (non-hydrogen) atoms. The van der Waals surface area contributed by atoms with E-state index in [1.54, 1.807) is 0 Å². The van der Waals surface area contributed by atoms with Gasteiger partial charge in [0.2, 0.25) is 12.7 Å². The average Bonchev–Trinajstić information content (AvgIpc) is 2.69. The van der Waals surface area contributed by atoms with Crippen LogP contribution in [0.15, 0.2) is 46.0 Å². The fraction of sp³-hybridized carbons (Fsp3) is 0.263. The van der Waals surface area contributed by atoms with Crippen molar-refractivity contribution in [3.8, 4) is 5.88 Å². The molecule has 0 unspecified atom stereocenters. The maximum Gasteiger partial charge on any atom is 0.288 e. The molecule has 3 N–H and O–H groups in total. The van der Waals surface area contributed by atoms with E-state index in [9.17, 15) is 22.8 Å². The van der Waals surface area contributed by atoms with Crippen LogP contribution in [0.5, 0.6) is 5.88 Å². The van der Waals surface area contributed by atoms with Crippen molar-refractivity contribution in [3.63, 3.8) is 0 Å². The molecule has 11 heteroatoms. The third kappa shape index (κ3) is 4.34. The van der Waals surface area contributed by atoms with E-state index in [4.69, 9.17) is 10.5 Å². The summed E-state index contributed by atoms with van der Waals surface area (Å²) in [5, 5.41) is 0. The predicted molar refractivity (Wildman–Crippen MR) is 100 cm³/mol. The third-order valence-corrected chi connectivity index (χ3v) is 4.33. The second-order valence-corrected chi connectivity index (χ2v) is 6.54. The van der Waals surface area contributed by atoms with E-state index < -0.39 is 41.9 Å². The van der Waals surface area contributed by atoms with E-state index in [-0.39, 0.29) is 29.6 Å². The van der Waals surface area contributed by atoms with Crippen LogP contribution >= 0.6 is 0 Å². The SMILES string of the molecule is C[C@@]1(c2cc(CC(=O)c3ncc(OCF)[nH]c3=O)ccc2F)C=C(CF)OC(N)=N1. The highest BCUT2D eigenvalue weighted by atomic mass is 19.1. The van der Waals surface area contributed by atoms with Crippen molar-refractivity contribution in [1.82, 2.24) is 9.97 Å². The van der Waals surface area contributed by atoms with Crippen LogP contribution in [-0.4, -0.2) is 35.3 Å². The second-order valence-electron chi connectivity index (χ2n) is 6.54.